The van der Waals surface area contributed by atoms with E-state index in [1.807, 2.05) is 7.05 Å². The van der Waals surface area contributed by atoms with Crippen molar-refractivity contribution < 1.29 is 9.90 Å². The summed E-state index contributed by atoms with van der Waals surface area (Å²) in [6, 6.07) is 0. The molecule has 0 aromatic rings. The maximum Gasteiger partial charge on any atom is 0.323 e. The van der Waals surface area contributed by atoms with E-state index >= 15 is 0 Å². The first-order chi connectivity index (χ1) is 6.04. The van der Waals surface area contributed by atoms with Crippen molar-refractivity contribution >= 4 is 17.6 Å². The average Bonchev–Trinajstić information content (AvgIpc) is 2.14. The first-order valence-corrected chi connectivity index (χ1v) is 4.89. The number of halogens is 1. The molecular formula is C8H17ClN2O2. The Hall–Kier alpha value is -0.320. The van der Waals surface area contributed by atoms with Gasteiger partial charge in [-0.25, -0.2) is 0 Å². The number of hydrogen-bond acceptors (Lipinski definition) is 3. The summed E-state index contributed by atoms with van der Waals surface area (Å²) in [5.74, 6) is -0.870. The van der Waals surface area contributed by atoms with E-state index in [0.717, 1.165) is 13.1 Å². The van der Waals surface area contributed by atoms with E-state index in [0.29, 0.717) is 12.8 Å². The zero-order valence-electron chi connectivity index (χ0n) is 8.09. The molecule has 1 heterocycles. The molecule has 4 nitrogen and oxygen atoms in total. The lowest BCUT2D eigenvalue weighted by Crippen LogP contribution is -2.54. The molecule has 5 heteroatoms. The lowest BCUT2D eigenvalue weighted by Gasteiger charge is -2.33. The number of rotatable bonds is 1. The van der Waals surface area contributed by atoms with Crippen LogP contribution in [0.5, 0.6) is 0 Å². The molecule has 0 atom stereocenters. The predicted molar refractivity (Wildman–Crippen MR) is 53.1 cm³/mol. The van der Waals surface area contributed by atoms with Gasteiger partial charge >= 0.3 is 5.97 Å². The van der Waals surface area contributed by atoms with Crippen molar-refractivity contribution in [1.82, 2.24) is 4.90 Å². The van der Waals surface area contributed by atoms with E-state index in [-0.39, 0.29) is 0 Å². The van der Waals surface area contributed by atoms with Gasteiger partial charge in [0.25, 0.3) is 0 Å². The van der Waals surface area contributed by atoms with E-state index < -0.39 is 11.5 Å². The Kier molecular flexibility index (Phi) is 5.29. The number of carboxylic acid groups (broad SMARTS) is 1. The molecule has 0 spiro atoms. The van der Waals surface area contributed by atoms with Gasteiger partial charge in [-0.05, 0) is 19.9 Å². The molecule has 0 aliphatic carbocycles. The molecule has 3 N–H and O–H groups in total. The number of likely N-dealkylation sites (tertiary alicyclic amines) is 1. The van der Waals surface area contributed by atoms with Gasteiger partial charge in [-0.3, -0.25) is 4.79 Å². The molecule has 0 radical (unpaired) electrons. The summed E-state index contributed by atoms with van der Waals surface area (Å²) in [5, 5.41) is 8.74. The topological polar surface area (TPSA) is 66.6 Å². The van der Waals surface area contributed by atoms with E-state index in [4.69, 9.17) is 10.8 Å². The number of nitrogens with two attached hydrogens (primary N) is 1. The minimum absolute atomic E-state index is 0.554. The highest BCUT2D eigenvalue weighted by molar-refractivity contribution is 6.15. The second-order valence-electron chi connectivity index (χ2n) is 3.26. The summed E-state index contributed by atoms with van der Waals surface area (Å²) in [6.07, 6.45) is 2.58. The molecule has 78 valence electrons. The lowest BCUT2D eigenvalue weighted by molar-refractivity contribution is -0.145. The van der Waals surface area contributed by atoms with Gasteiger partial charge in [0.2, 0.25) is 0 Å². The Morgan fingerprint density at radius 1 is 1.46 bits per heavy atom. The SMILES string of the molecule is CCl.CN1CCC(N)(C(=O)O)CC1. The first kappa shape index (κ1) is 12.7. The predicted octanol–water partition coefficient (Wildman–Crippen LogP) is 0.349. The molecule has 1 saturated heterocycles. The van der Waals surface area contributed by atoms with Crippen LogP contribution in [-0.4, -0.2) is 48.0 Å². The van der Waals surface area contributed by atoms with Gasteiger partial charge in [-0.2, -0.15) is 0 Å². The molecule has 1 fully saturated rings. The summed E-state index contributed by atoms with van der Waals surface area (Å²) in [7, 11) is 1.97. The van der Waals surface area contributed by atoms with Crippen LogP contribution in [0, 0.1) is 0 Å². The van der Waals surface area contributed by atoms with Gasteiger partial charge in [0, 0.05) is 19.5 Å². The number of carboxylic acids is 1. The van der Waals surface area contributed by atoms with Crippen LogP contribution < -0.4 is 5.73 Å². The summed E-state index contributed by atoms with van der Waals surface area (Å²) in [5.41, 5.74) is 4.67. The van der Waals surface area contributed by atoms with E-state index in [2.05, 4.69) is 16.5 Å². The molecule has 0 bridgehead atoms. The van der Waals surface area contributed by atoms with E-state index in [9.17, 15) is 4.79 Å². The van der Waals surface area contributed by atoms with Crippen molar-refractivity contribution in [3.8, 4) is 0 Å². The minimum Gasteiger partial charge on any atom is -0.480 e. The van der Waals surface area contributed by atoms with Gasteiger partial charge in [0.05, 0.1) is 0 Å². The van der Waals surface area contributed by atoms with Crippen molar-refractivity contribution in [3.05, 3.63) is 0 Å². The summed E-state index contributed by atoms with van der Waals surface area (Å²) in [6.45, 7) is 1.56. The highest BCUT2D eigenvalue weighted by atomic mass is 35.5. The maximum atomic E-state index is 10.6. The first-order valence-electron chi connectivity index (χ1n) is 4.13. The molecule has 13 heavy (non-hydrogen) atoms. The fourth-order valence-electron chi connectivity index (χ4n) is 1.23. The molecule has 0 unspecified atom stereocenters. The molecule has 1 rings (SSSR count). The van der Waals surface area contributed by atoms with Gasteiger partial charge in [0.15, 0.2) is 0 Å². The van der Waals surface area contributed by atoms with Crippen molar-refractivity contribution in [3.63, 3.8) is 0 Å². The van der Waals surface area contributed by atoms with Crippen LogP contribution in [0.2, 0.25) is 0 Å². The van der Waals surface area contributed by atoms with Crippen LogP contribution in [-0.2, 0) is 4.79 Å². The molecule has 0 aromatic carbocycles. The highest BCUT2D eigenvalue weighted by Crippen LogP contribution is 2.18. The molecule has 0 aromatic heterocycles. The third kappa shape index (κ3) is 3.50. The van der Waals surface area contributed by atoms with Gasteiger partial charge in [-0.1, -0.05) is 0 Å². The number of hydrogen-bond donors (Lipinski definition) is 2. The van der Waals surface area contributed by atoms with Crippen LogP contribution in [0.15, 0.2) is 0 Å². The Bertz CT molecular complexity index is 168. The van der Waals surface area contributed by atoms with Crippen molar-refractivity contribution in [2.24, 2.45) is 5.73 Å². The number of carbonyl (C=O) groups is 1. The molecular weight excluding hydrogens is 192 g/mol. The van der Waals surface area contributed by atoms with Gasteiger partial charge in [-0.15, -0.1) is 11.6 Å². The molecule has 1 aliphatic heterocycles. The quantitative estimate of drug-likeness (QED) is 0.611. The largest absolute Gasteiger partial charge is 0.480 e. The summed E-state index contributed by atoms with van der Waals surface area (Å²) < 4.78 is 0. The van der Waals surface area contributed by atoms with Gasteiger partial charge < -0.3 is 15.7 Å². The fraction of sp³-hybridized carbons (Fsp3) is 0.875. The highest BCUT2D eigenvalue weighted by Gasteiger charge is 2.36. The normalized spacial score (nSPS) is 21.5. The third-order valence-electron chi connectivity index (χ3n) is 2.31. The second kappa shape index (κ2) is 5.42. The Labute approximate surface area is 83.7 Å². The average molecular weight is 209 g/mol. The smallest absolute Gasteiger partial charge is 0.323 e. The number of piperidine rings is 1. The number of nitrogens with zero attached hydrogens (tertiary/aromatic N) is 1. The number of aliphatic carboxylic acids is 1. The van der Waals surface area contributed by atoms with Crippen LogP contribution in [0.3, 0.4) is 0 Å². The van der Waals surface area contributed by atoms with Gasteiger partial charge in [0.1, 0.15) is 5.54 Å². The molecule has 0 amide bonds. The third-order valence-corrected chi connectivity index (χ3v) is 2.31. The number of alkyl halides is 1. The Balaban J connectivity index is 0.000000671. The van der Waals surface area contributed by atoms with Crippen molar-refractivity contribution in [1.29, 1.82) is 0 Å². The molecule has 0 saturated carbocycles. The zero-order valence-corrected chi connectivity index (χ0v) is 8.84. The fourth-order valence-corrected chi connectivity index (χ4v) is 1.23. The summed E-state index contributed by atoms with van der Waals surface area (Å²) >= 11 is 4.64. The monoisotopic (exact) mass is 208 g/mol. The lowest BCUT2D eigenvalue weighted by atomic mass is 9.89. The second-order valence-corrected chi connectivity index (χ2v) is 3.26. The van der Waals surface area contributed by atoms with Crippen LogP contribution in [0.25, 0.3) is 0 Å². The maximum absolute atomic E-state index is 10.6. The Morgan fingerprint density at radius 3 is 2.15 bits per heavy atom. The van der Waals surface area contributed by atoms with Crippen LogP contribution in [0.1, 0.15) is 12.8 Å². The standard InChI is InChI=1S/C7H14N2O2.CH3Cl/c1-9-4-2-7(8,3-5-9)6(10)11;1-2/h2-5,8H2,1H3,(H,10,11);1H3. The molecule has 1 aliphatic rings. The minimum atomic E-state index is -0.966. The van der Waals surface area contributed by atoms with E-state index in [1.54, 1.807) is 0 Å². The van der Waals surface area contributed by atoms with E-state index in [1.165, 1.54) is 6.38 Å². The van der Waals surface area contributed by atoms with Crippen LogP contribution in [0.4, 0.5) is 0 Å². The summed E-state index contributed by atoms with van der Waals surface area (Å²) in [4.78, 5) is 12.7. The zero-order chi connectivity index (χ0) is 10.5. The van der Waals surface area contributed by atoms with Crippen molar-refractivity contribution in [2.45, 2.75) is 18.4 Å². The Morgan fingerprint density at radius 2 is 1.85 bits per heavy atom. The van der Waals surface area contributed by atoms with Crippen LogP contribution >= 0.6 is 11.6 Å². The van der Waals surface area contributed by atoms with Crippen molar-refractivity contribution in [2.75, 3.05) is 26.5 Å².